The summed E-state index contributed by atoms with van der Waals surface area (Å²) in [5.41, 5.74) is 1.03. The van der Waals surface area contributed by atoms with Crippen molar-refractivity contribution in [2.45, 2.75) is 38.3 Å². The molecule has 1 heterocycles. The Morgan fingerprint density at radius 3 is 2.95 bits per heavy atom. The maximum atomic E-state index is 10.6. The highest BCUT2D eigenvalue weighted by atomic mass is 79.9. The van der Waals surface area contributed by atoms with E-state index in [-0.39, 0.29) is 5.69 Å². The summed E-state index contributed by atoms with van der Waals surface area (Å²) in [5, 5.41) is 14.1. The van der Waals surface area contributed by atoms with Gasteiger partial charge in [0.05, 0.1) is 11.5 Å². The van der Waals surface area contributed by atoms with Crippen molar-refractivity contribution in [2.24, 2.45) is 0 Å². The molecule has 0 radical (unpaired) electrons. The average molecular weight is 343 g/mol. The Morgan fingerprint density at radius 1 is 1.45 bits per heavy atom. The number of nitrogens with zero attached hydrogens (tertiary/aromatic N) is 1. The number of nitro benzene ring substituents is 1. The molecule has 110 valence electrons. The average Bonchev–Trinajstić information content (AvgIpc) is 2.46. The number of hydrogen-bond donors (Lipinski definition) is 1. The van der Waals surface area contributed by atoms with Crippen LogP contribution in [-0.4, -0.2) is 24.1 Å². The van der Waals surface area contributed by atoms with Crippen LogP contribution in [0.1, 0.15) is 31.2 Å². The molecular formula is C14H19BrN2O3. The summed E-state index contributed by atoms with van der Waals surface area (Å²) in [7, 11) is 0. The van der Waals surface area contributed by atoms with E-state index in [1.54, 1.807) is 6.07 Å². The van der Waals surface area contributed by atoms with E-state index in [4.69, 9.17) is 4.74 Å². The molecule has 6 heteroatoms. The molecule has 1 fully saturated rings. The van der Waals surface area contributed by atoms with Gasteiger partial charge in [-0.2, -0.15) is 0 Å². The number of nitro groups is 1. The molecular weight excluding hydrogens is 324 g/mol. The zero-order chi connectivity index (χ0) is 14.4. The van der Waals surface area contributed by atoms with Gasteiger partial charge < -0.3 is 10.1 Å². The molecule has 1 atom stereocenters. The van der Waals surface area contributed by atoms with Crippen LogP contribution in [0, 0.1) is 10.1 Å². The minimum atomic E-state index is -0.399. The standard InChI is InChI=1S/C14H19BrN2O3/c15-14-9-13(17(18)19)5-4-11(14)10-20-8-6-12-3-1-2-7-16-12/h4-5,9,12,16H,1-3,6-8,10H2. The lowest BCUT2D eigenvalue weighted by Gasteiger charge is -2.23. The summed E-state index contributed by atoms with van der Waals surface area (Å²) >= 11 is 3.35. The number of nitrogens with one attached hydrogen (secondary N) is 1. The van der Waals surface area contributed by atoms with Gasteiger partial charge in [0.2, 0.25) is 0 Å². The molecule has 2 rings (SSSR count). The first-order valence-corrected chi connectivity index (χ1v) is 7.70. The molecule has 20 heavy (non-hydrogen) atoms. The molecule has 1 unspecified atom stereocenters. The van der Waals surface area contributed by atoms with E-state index in [9.17, 15) is 10.1 Å². The molecule has 1 aromatic rings. The molecule has 1 aromatic carbocycles. The van der Waals surface area contributed by atoms with Gasteiger partial charge in [0.15, 0.2) is 0 Å². The van der Waals surface area contributed by atoms with Crippen LogP contribution in [0.3, 0.4) is 0 Å². The van der Waals surface area contributed by atoms with Gasteiger partial charge in [-0.3, -0.25) is 10.1 Å². The second-order valence-electron chi connectivity index (χ2n) is 5.02. The van der Waals surface area contributed by atoms with E-state index in [0.717, 1.165) is 23.0 Å². The topological polar surface area (TPSA) is 64.4 Å². The number of piperidine rings is 1. The fourth-order valence-corrected chi connectivity index (χ4v) is 2.83. The van der Waals surface area contributed by atoms with E-state index < -0.39 is 4.92 Å². The monoisotopic (exact) mass is 342 g/mol. The van der Waals surface area contributed by atoms with Gasteiger partial charge >= 0.3 is 0 Å². The Bertz CT molecular complexity index is 462. The van der Waals surface area contributed by atoms with Crippen LogP contribution >= 0.6 is 15.9 Å². The molecule has 0 amide bonds. The minimum absolute atomic E-state index is 0.0898. The molecule has 0 aromatic heterocycles. The zero-order valence-corrected chi connectivity index (χ0v) is 12.9. The largest absolute Gasteiger partial charge is 0.377 e. The number of hydrogen-bond acceptors (Lipinski definition) is 4. The molecule has 0 aliphatic carbocycles. The summed E-state index contributed by atoms with van der Waals surface area (Å²) in [5.74, 6) is 0. The number of ether oxygens (including phenoxy) is 1. The van der Waals surface area contributed by atoms with Crippen LogP contribution in [0.4, 0.5) is 5.69 Å². The molecule has 1 aliphatic heterocycles. The smallest absolute Gasteiger partial charge is 0.270 e. The van der Waals surface area contributed by atoms with Crippen LogP contribution in [0.15, 0.2) is 22.7 Å². The van der Waals surface area contributed by atoms with Crippen molar-refractivity contribution in [3.05, 3.63) is 38.3 Å². The van der Waals surface area contributed by atoms with Crippen molar-refractivity contribution in [3.8, 4) is 0 Å². The van der Waals surface area contributed by atoms with Crippen LogP contribution in [-0.2, 0) is 11.3 Å². The van der Waals surface area contributed by atoms with Crippen molar-refractivity contribution >= 4 is 21.6 Å². The predicted octanol–water partition coefficient (Wildman–Crippen LogP) is 3.41. The quantitative estimate of drug-likeness (QED) is 0.488. The van der Waals surface area contributed by atoms with Gasteiger partial charge in [-0.05, 0) is 37.4 Å². The van der Waals surface area contributed by atoms with E-state index in [0.29, 0.717) is 19.3 Å². The van der Waals surface area contributed by atoms with Crippen molar-refractivity contribution < 1.29 is 9.66 Å². The molecule has 5 nitrogen and oxygen atoms in total. The predicted molar refractivity (Wildman–Crippen MR) is 80.7 cm³/mol. The normalized spacial score (nSPS) is 18.9. The van der Waals surface area contributed by atoms with Gasteiger partial charge in [-0.25, -0.2) is 0 Å². The van der Waals surface area contributed by atoms with Crippen molar-refractivity contribution in [1.82, 2.24) is 5.32 Å². The van der Waals surface area contributed by atoms with E-state index in [2.05, 4.69) is 21.2 Å². The number of halogens is 1. The minimum Gasteiger partial charge on any atom is -0.377 e. The summed E-state index contributed by atoms with van der Waals surface area (Å²) in [6.45, 7) is 2.30. The van der Waals surface area contributed by atoms with Gasteiger partial charge in [0.1, 0.15) is 0 Å². The maximum Gasteiger partial charge on any atom is 0.270 e. The Labute approximate surface area is 127 Å². The van der Waals surface area contributed by atoms with E-state index in [1.807, 2.05) is 0 Å². The first kappa shape index (κ1) is 15.4. The summed E-state index contributed by atoms with van der Waals surface area (Å²) < 4.78 is 6.39. The molecule has 1 N–H and O–H groups in total. The lowest BCUT2D eigenvalue weighted by molar-refractivity contribution is -0.384. The number of rotatable bonds is 6. The summed E-state index contributed by atoms with van der Waals surface area (Å²) in [4.78, 5) is 10.2. The van der Waals surface area contributed by atoms with Crippen LogP contribution in [0.5, 0.6) is 0 Å². The zero-order valence-electron chi connectivity index (χ0n) is 11.3. The molecule has 1 aliphatic rings. The maximum absolute atomic E-state index is 10.6. The fourth-order valence-electron chi connectivity index (χ4n) is 2.34. The third-order valence-corrected chi connectivity index (χ3v) is 4.27. The van der Waals surface area contributed by atoms with Crippen LogP contribution in [0.2, 0.25) is 0 Å². The Hall–Kier alpha value is -0.980. The van der Waals surface area contributed by atoms with Gasteiger partial charge in [0.25, 0.3) is 5.69 Å². The third kappa shape index (κ3) is 4.54. The summed E-state index contributed by atoms with van der Waals surface area (Å²) in [6, 6.07) is 5.33. The lowest BCUT2D eigenvalue weighted by Crippen LogP contribution is -2.34. The lowest BCUT2D eigenvalue weighted by atomic mass is 10.0. The van der Waals surface area contributed by atoms with Gasteiger partial charge in [0, 0.05) is 29.3 Å². The molecule has 0 spiro atoms. The van der Waals surface area contributed by atoms with Crippen molar-refractivity contribution in [1.29, 1.82) is 0 Å². The van der Waals surface area contributed by atoms with Gasteiger partial charge in [-0.15, -0.1) is 0 Å². The highest BCUT2D eigenvalue weighted by Gasteiger charge is 2.12. The van der Waals surface area contributed by atoms with Crippen LogP contribution in [0.25, 0.3) is 0 Å². The van der Waals surface area contributed by atoms with Crippen LogP contribution < -0.4 is 5.32 Å². The highest BCUT2D eigenvalue weighted by Crippen LogP contribution is 2.23. The number of non-ortho nitro benzene ring substituents is 1. The van der Waals surface area contributed by atoms with E-state index in [1.165, 1.54) is 31.4 Å². The highest BCUT2D eigenvalue weighted by molar-refractivity contribution is 9.10. The fraction of sp³-hybridized carbons (Fsp3) is 0.571. The van der Waals surface area contributed by atoms with Crippen molar-refractivity contribution in [3.63, 3.8) is 0 Å². The van der Waals surface area contributed by atoms with Gasteiger partial charge in [-0.1, -0.05) is 22.4 Å². The number of benzene rings is 1. The Morgan fingerprint density at radius 2 is 2.30 bits per heavy atom. The Kier molecular flexibility index (Phi) is 5.94. The molecule has 0 bridgehead atoms. The summed E-state index contributed by atoms with van der Waals surface area (Å²) in [6.07, 6.45) is 4.81. The molecule has 0 saturated carbocycles. The second kappa shape index (κ2) is 7.71. The molecule has 1 saturated heterocycles. The van der Waals surface area contributed by atoms with E-state index >= 15 is 0 Å². The van der Waals surface area contributed by atoms with Crippen molar-refractivity contribution in [2.75, 3.05) is 13.2 Å². The third-order valence-electron chi connectivity index (χ3n) is 3.53. The second-order valence-corrected chi connectivity index (χ2v) is 5.88. The first-order chi connectivity index (χ1) is 9.66. The SMILES string of the molecule is O=[N+]([O-])c1ccc(COCCC2CCCCN2)c(Br)c1. The Balaban J connectivity index is 1.74. The first-order valence-electron chi connectivity index (χ1n) is 6.91.